The van der Waals surface area contributed by atoms with Gasteiger partial charge in [0.1, 0.15) is 5.75 Å². The summed E-state index contributed by atoms with van der Waals surface area (Å²) in [5.74, 6) is 1.03. The molecule has 18 heavy (non-hydrogen) atoms. The number of hydrogen-bond acceptors (Lipinski definition) is 3. The van der Waals surface area contributed by atoms with Crippen LogP contribution in [0.2, 0.25) is 0 Å². The van der Waals surface area contributed by atoms with Gasteiger partial charge in [-0.1, -0.05) is 12.1 Å². The number of phenolic OH excluding ortho intramolecular Hbond substituents is 2. The maximum atomic E-state index is 9.79. The fourth-order valence-corrected chi connectivity index (χ4v) is 2.65. The number of fused-ring (bicyclic) bond motifs is 3. The van der Waals surface area contributed by atoms with E-state index in [2.05, 4.69) is 0 Å². The molecular formula is C15H14O3. The average Bonchev–Trinajstić information content (AvgIpc) is 2.37. The normalized spacial score (nSPS) is 12.7. The van der Waals surface area contributed by atoms with Crippen LogP contribution in [0.15, 0.2) is 30.3 Å². The van der Waals surface area contributed by atoms with Crippen molar-refractivity contribution in [2.75, 3.05) is 7.11 Å². The number of methoxy groups -OCH3 is 1. The molecule has 2 aromatic rings. The number of hydrogen-bond donors (Lipinski definition) is 2. The molecule has 0 heterocycles. The molecule has 0 amide bonds. The number of ether oxygens (including phenoxy) is 1. The first-order valence-corrected chi connectivity index (χ1v) is 5.92. The Morgan fingerprint density at radius 3 is 2.56 bits per heavy atom. The number of aryl methyl sites for hydroxylation is 1. The molecule has 3 rings (SSSR count). The first-order valence-electron chi connectivity index (χ1n) is 5.92. The predicted octanol–water partition coefficient (Wildman–Crippen LogP) is 2.87. The minimum atomic E-state index is 0.179. The lowest BCUT2D eigenvalue weighted by Crippen LogP contribution is -2.05. The third kappa shape index (κ3) is 1.51. The summed E-state index contributed by atoms with van der Waals surface area (Å²) >= 11 is 0. The molecule has 3 heteroatoms. The van der Waals surface area contributed by atoms with Gasteiger partial charge in [0.15, 0.2) is 11.5 Å². The van der Waals surface area contributed by atoms with E-state index in [1.54, 1.807) is 25.3 Å². The van der Waals surface area contributed by atoms with Gasteiger partial charge in [-0.05, 0) is 47.7 Å². The number of aromatic hydroxyl groups is 2. The maximum absolute atomic E-state index is 9.79. The highest BCUT2D eigenvalue weighted by molar-refractivity contribution is 5.77. The van der Waals surface area contributed by atoms with Gasteiger partial charge >= 0.3 is 0 Å². The zero-order chi connectivity index (χ0) is 12.7. The van der Waals surface area contributed by atoms with Crippen LogP contribution in [0.4, 0.5) is 0 Å². The SMILES string of the molecule is COc1c(O)ccc2c1CCc1cc(O)ccc1-2. The van der Waals surface area contributed by atoms with Crippen molar-refractivity contribution >= 4 is 0 Å². The van der Waals surface area contributed by atoms with Crippen molar-refractivity contribution in [1.82, 2.24) is 0 Å². The highest BCUT2D eigenvalue weighted by Crippen LogP contribution is 2.42. The van der Waals surface area contributed by atoms with Crippen molar-refractivity contribution < 1.29 is 14.9 Å². The van der Waals surface area contributed by atoms with Crippen molar-refractivity contribution in [3.63, 3.8) is 0 Å². The van der Waals surface area contributed by atoms with Crippen molar-refractivity contribution in [2.24, 2.45) is 0 Å². The molecule has 0 spiro atoms. The van der Waals surface area contributed by atoms with Crippen LogP contribution in [0.1, 0.15) is 11.1 Å². The second-order valence-corrected chi connectivity index (χ2v) is 4.49. The Labute approximate surface area is 105 Å². The van der Waals surface area contributed by atoms with Crippen molar-refractivity contribution in [3.8, 4) is 28.4 Å². The minimum Gasteiger partial charge on any atom is -0.508 e. The smallest absolute Gasteiger partial charge is 0.164 e. The van der Waals surface area contributed by atoms with Crippen molar-refractivity contribution in [2.45, 2.75) is 12.8 Å². The predicted molar refractivity (Wildman–Crippen MR) is 69.2 cm³/mol. The summed E-state index contributed by atoms with van der Waals surface area (Å²) in [5, 5.41) is 19.3. The molecule has 0 aliphatic heterocycles. The molecular weight excluding hydrogens is 228 g/mol. The minimum absolute atomic E-state index is 0.179. The van der Waals surface area contributed by atoms with E-state index in [4.69, 9.17) is 4.74 Å². The summed E-state index contributed by atoms with van der Waals surface area (Å²) in [6.07, 6.45) is 1.65. The van der Waals surface area contributed by atoms with E-state index in [0.29, 0.717) is 11.5 Å². The van der Waals surface area contributed by atoms with Gasteiger partial charge in [-0.25, -0.2) is 0 Å². The van der Waals surface area contributed by atoms with Gasteiger partial charge in [0.2, 0.25) is 0 Å². The van der Waals surface area contributed by atoms with E-state index in [9.17, 15) is 10.2 Å². The molecule has 0 aromatic heterocycles. The van der Waals surface area contributed by atoms with Crippen LogP contribution >= 0.6 is 0 Å². The van der Waals surface area contributed by atoms with Gasteiger partial charge in [-0.3, -0.25) is 0 Å². The molecule has 2 aromatic carbocycles. The van der Waals surface area contributed by atoms with Gasteiger partial charge in [0.25, 0.3) is 0 Å². The average molecular weight is 242 g/mol. The molecule has 1 aliphatic rings. The zero-order valence-corrected chi connectivity index (χ0v) is 10.1. The lowest BCUT2D eigenvalue weighted by Gasteiger charge is -2.22. The summed E-state index contributed by atoms with van der Waals surface area (Å²) < 4.78 is 5.28. The summed E-state index contributed by atoms with van der Waals surface area (Å²) in [4.78, 5) is 0. The summed E-state index contributed by atoms with van der Waals surface area (Å²) in [7, 11) is 1.57. The van der Waals surface area contributed by atoms with E-state index in [1.807, 2.05) is 12.1 Å². The second kappa shape index (κ2) is 3.95. The molecule has 0 saturated heterocycles. The Kier molecular flexibility index (Phi) is 2.40. The van der Waals surface area contributed by atoms with Crippen LogP contribution in [0.5, 0.6) is 17.2 Å². The fourth-order valence-electron chi connectivity index (χ4n) is 2.65. The Balaban J connectivity index is 2.25. The third-order valence-electron chi connectivity index (χ3n) is 3.47. The lowest BCUT2D eigenvalue weighted by molar-refractivity contribution is 0.369. The van der Waals surface area contributed by atoms with Crippen LogP contribution in [-0.2, 0) is 12.8 Å². The van der Waals surface area contributed by atoms with E-state index in [0.717, 1.165) is 35.1 Å². The molecule has 0 bridgehead atoms. The van der Waals surface area contributed by atoms with Gasteiger partial charge in [-0.2, -0.15) is 0 Å². The first-order chi connectivity index (χ1) is 8.70. The quantitative estimate of drug-likeness (QED) is 0.808. The Hall–Kier alpha value is -2.16. The number of benzene rings is 2. The van der Waals surface area contributed by atoms with Crippen LogP contribution in [0.25, 0.3) is 11.1 Å². The third-order valence-corrected chi connectivity index (χ3v) is 3.47. The van der Waals surface area contributed by atoms with Crippen molar-refractivity contribution in [1.29, 1.82) is 0 Å². The Morgan fingerprint density at radius 1 is 1.00 bits per heavy atom. The maximum Gasteiger partial charge on any atom is 0.164 e. The molecule has 0 radical (unpaired) electrons. The first kappa shape index (κ1) is 11.0. The molecule has 2 N–H and O–H groups in total. The number of phenols is 2. The molecule has 0 unspecified atom stereocenters. The molecule has 1 aliphatic carbocycles. The molecule has 0 saturated carbocycles. The van der Waals surface area contributed by atoms with E-state index < -0.39 is 0 Å². The van der Waals surface area contributed by atoms with Gasteiger partial charge in [-0.15, -0.1) is 0 Å². The summed E-state index contributed by atoms with van der Waals surface area (Å²) in [6.45, 7) is 0. The monoisotopic (exact) mass is 242 g/mol. The highest BCUT2D eigenvalue weighted by atomic mass is 16.5. The second-order valence-electron chi connectivity index (χ2n) is 4.49. The summed E-state index contributed by atoms with van der Waals surface area (Å²) in [6, 6.07) is 8.96. The molecule has 0 fully saturated rings. The summed E-state index contributed by atoms with van der Waals surface area (Å²) in [5.41, 5.74) is 4.35. The molecule has 0 atom stereocenters. The van der Waals surface area contributed by atoms with Gasteiger partial charge in [0.05, 0.1) is 7.11 Å². The topological polar surface area (TPSA) is 49.7 Å². The standard InChI is InChI=1S/C15H14O3/c1-18-15-13-4-2-9-8-10(16)3-5-11(9)12(13)6-7-14(15)17/h3,5-8,16-17H,2,4H2,1H3. The van der Waals surface area contributed by atoms with Crippen LogP contribution in [0, 0.1) is 0 Å². The number of rotatable bonds is 1. The van der Waals surface area contributed by atoms with Crippen molar-refractivity contribution in [3.05, 3.63) is 41.5 Å². The fraction of sp³-hybridized carbons (Fsp3) is 0.200. The Morgan fingerprint density at radius 2 is 1.78 bits per heavy atom. The van der Waals surface area contributed by atoms with Crippen LogP contribution in [-0.4, -0.2) is 17.3 Å². The van der Waals surface area contributed by atoms with E-state index in [1.165, 1.54) is 0 Å². The lowest BCUT2D eigenvalue weighted by atomic mass is 9.85. The molecule has 92 valence electrons. The largest absolute Gasteiger partial charge is 0.508 e. The Bertz CT molecular complexity index is 617. The van der Waals surface area contributed by atoms with E-state index in [-0.39, 0.29) is 5.75 Å². The van der Waals surface area contributed by atoms with Crippen LogP contribution in [0.3, 0.4) is 0 Å². The van der Waals surface area contributed by atoms with E-state index >= 15 is 0 Å². The van der Waals surface area contributed by atoms with Crippen LogP contribution < -0.4 is 4.74 Å². The zero-order valence-electron chi connectivity index (χ0n) is 10.1. The van der Waals surface area contributed by atoms with Gasteiger partial charge < -0.3 is 14.9 Å². The highest BCUT2D eigenvalue weighted by Gasteiger charge is 2.21. The van der Waals surface area contributed by atoms with Gasteiger partial charge in [0, 0.05) is 5.56 Å². The molecule has 3 nitrogen and oxygen atoms in total.